The number of nitriles is 1. The van der Waals surface area contributed by atoms with Gasteiger partial charge in [0.1, 0.15) is 11.5 Å². The summed E-state index contributed by atoms with van der Waals surface area (Å²) < 4.78 is 35.0. The normalized spacial score (nSPS) is 18.8. The van der Waals surface area contributed by atoms with Gasteiger partial charge in [0.15, 0.2) is 17.7 Å². The van der Waals surface area contributed by atoms with Gasteiger partial charge in [0.05, 0.1) is 17.4 Å². The quantitative estimate of drug-likeness (QED) is 0.657. The molecule has 1 fully saturated rings. The van der Waals surface area contributed by atoms with Crippen LogP contribution in [0.25, 0.3) is 0 Å². The molecule has 1 N–H and O–H groups in total. The fourth-order valence-corrected chi connectivity index (χ4v) is 3.24. The zero-order chi connectivity index (χ0) is 21.7. The summed E-state index contributed by atoms with van der Waals surface area (Å²) in [5, 5.41) is 17.6. The average Bonchev–Trinajstić information content (AvgIpc) is 3.19. The second-order valence-electron chi connectivity index (χ2n) is 6.10. The Balaban J connectivity index is 1.53. The highest BCUT2D eigenvalue weighted by Crippen LogP contribution is 2.28. The molecule has 1 aliphatic heterocycles. The maximum absolute atomic E-state index is 13.9. The molecule has 30 heavy (non-hydrogen) atoms. The van der Waals surface area contributed by atoms with E-state index in [4.69, 9.17) is 29.3 Å². The number of benzene rings is 2. The average molecular weight is 433 g/mol. The van der Waals surface area contributed by atoms with E-state index in [0.29, 0.717) is 11.5 Å². The van der Waals surface area contributed by atoms with Crippen LogP contribution in [0.5, 0.6) is 17.2 Å². The van der Waals surface area contributed by atoms with Crippen molar-refractivity contribution >= 4 is 23.7 Å². The van der Waals surface area contributed by atoms with Crippen molar-refractivity contribution in [2.75, 3.05) is 5.75 Å². The van der Waals surface area contributed by atoms with Gasteiger partial charge in [-0.15, -0.1) is 11.8 Å². The molecular formula is C20H16FNO7S. The van der Waals surface area contributed by atoms with Gasteiger partial charge in [-0.2, -0.15) is 5.26 Å². The fraction of sp³-hybridized carbons (Fsp3) is 0.250. The first-order valence-corrected chi connectivity index (χ1v) is 9.75. The molecule has 1 heterocycles. The number of esters is 1. The van der Waals surface area contributed by atoms with Crippen LogP contribution in [-0.2, 0) is 19.1 Å². The number of aliphatic carboxylic acids is 1. The smallest absolute Gasteiger partial charge is 0.349 e. The molecule has 10 heteroatoms. The minimum atomic E-state index is -1.13. The number of halogens is 1. The van der Waals surface area contributed by atoms with Crippen molar-refractivity contribution in [3.05, 3.63) is 53.8 Å². The lowest BCUT2D eigenvalue weighted by Crippen LogP contribution is -2.31. The van der Waals surface area contributed by atoms with Gasteiger partial charge in [0.25, 0.3) is 0 Å². The Bertz CT molecular complexity index is 976. The van der Waals surface area contributed by atoms with E-state index in [1.54, 1.807) is 0 Å². The Morgan fingerprint density at radius 1 is 1.27 bits per heavy atom. The van der Waals surface area contributed by atoms with Crippen molar-refractivity contribution in [2.24, 2.45) is 0 Å². The molecular weight excluding hydrogens is 417 g/mol. The van der Waals surface area contributed by atoms with Gasteiger partial charge < -0.3 is 24.1 Å². The van der Waals surface area contributed by atoms with Crippen molar-refractivity contribution in [2.45, 2.75) is 24.8 Å². The van der Waals surface area contributed by atoms with Crippen LogP contribution in [0, 0.1) is 17.1 Å². The third-order valence-corrected chi connectivity index (χ3v) is 4.95. The van der Waals surface area contributed by atoms with E-state index >= 15 is 0 Å². The zero-order valence-corrected chi connectivity index (χ0v) is 16.4. The van der Waals surface area contributed by atoms with E-state index in [1.807, 2.05) is 6.07 Å². The summed E-state index contributed by atoms with van der Waals surface area (Å²) in [5.74, 6) is -1.64. The van der Waals surface area contributed by atoms with Crippen LogP contribution < -0.4 is 9.47 Å². The molecule has 0 aromatic heterocycles. The Labute approximate surface area is 175 Å². The van der Waals surface area contributed by atoms with E-state index in [0.717, 1.165) is 17.8 Å². The molecule has 156 valence electrons. The minimum absolute atomic E-state index is 0.0336. The lowest BCUT2D eigenvalue weighted by Gasteiger charge is -2.17. The molecule has 0 amide bonds. The number of hydrogen-bond donors (Lipinski definition) is 1. The molecule has 0 saturated carbocycles. The molecule has 0 bridgehead atoms. The molecule has 1 saturated heterocycles. The first-order valence-electron chi connectivity index (χ1n) is 8.70. The van der Waals surface area contributed by atoms with E-state index in [9.17, 15) is 14.0 Å². The molecule has 0 spiro atoms. The number of hydrogen-bond acceptors (Lipinski definition) is 8. The van der Waals surface area contributed by atoms with E-state index in [-0.39, 0.29) is 17.1 Å². The van der Waals surface area contributed by atoms with Crippen LogP contribution in [-0.4, -0.2) is 40.6 Å². The molecule has 0 radical (unpaired) electrons. The second-order valence-corrected chi connectivity index (χ2v) is 7.19. The Kier molecular flexibility index (Phi) is 6.76. The molecule has 3 rings (SSSR count). The zero-order valence-electron chi connectivity index (χ0n) is 15.6. The van der Waals surface area contributed by atoms with Crippen LogP contribution >= 0.6 is 11.8 Å². The highest BCUT2D eigenvalue weighted by atomic mass is 32.2. The predicted molar refractivity (Wildman–Crippen MR) is 103 cm³/mol. The van der Waals surface area contributed by atoms with Gasteiger partial charge in [-0.05, 0) is 49.4 Å². The van der Waals surface area contributed by atoms with E-state index < -0.39 is 35.6 Å². The van der Waals surface area contributed by atoms with Gasteiger partial charge >= 0.3 is 11.9 Å². The Morgan fingerprint density at radius 2 is 1.97 bits per heavy atom. The Hall–Kier alpha value is -3.29. The van der Waals surface area contributed by atoms with Gasteiger partial charge in [-0.3, -0.25) is 0 Å². The summed E-state index contributed by atoms with van der Waals surface area (Å²) in [6.45, 7) is 1.48. The standard InChI is InChI=1S/C20H16FNO7S/c1-11(19(25)28-17-10-30-20(29-17)18(23)24)26-13-3-5-14(6-4-13)27-16-7-2-12(9-22)8-15(16)21/h2-8,11,17,20H,10H2,1H3,(H,23,24)/t11?,17-,20-/m1/s1. The number of carboxylic acid groups (broad SMARTS) is 1. The second kappa shape index (κ2) is 9.47. The van der Waals surface area contributed by atoms with Crippen molar-refractivity contribution in [1.29, 1.82) is 5.26 Å². The van der Waals surface area contributed by atoms with Crippen molar-refractivity contribution in [3.8, 4) is 23.3 Å². The van der Waals surface area contributed by atoms with E-state index in [2.05, 4.69) is 0 Å². The molecule has 2 aromatic carbocycles. The van der Waals surface area contributed by atoms with Crippen molar-refractivity contribution in [3.63, 3.8) is 0 Å². The van der Waals surface area contributed by atoms with Gasteiger partial charge in [-0.1, -0.05) is 0 Å². The number of carboxylic acids is 1. The topological polar surface area (TPSA) is 115 Å². The monoisotopic (exact) mass is 433 g/mol. The van der Waals surface area contributed by atoms with E-state index in [1.165, 1.54) is 43.3 Å². The number of rotatable bonds is 7. The van der Waals surface area contributed by atoms with Crippen molar-refractivity contribution in [1.82, 2.24) is 0 Å². The van der Waals surface area contributed by atoms with Crippen LogP contribution in [0.4, 0.5) is 4.39 Å². The number of nitrogens with zero attached hydrogens (tertiary/aromatic N) is 1. The molecule has 0 aliphatic carbocycles. The summed E-state index contributed by atoms with van der Waals surface area (Å²) in [5.41, 5.74) is -0.878. The maximum Gasteiger partial charge on any atom is 0.349 e. The summed E-state index contributed by atoms with van der Waals surface area (Å²) in [6, 6.07) is 11.8. The number of ether oxygens (including phenoxy) is 4. The summed E-state index contributed by atoms with van der Waals surface area (Å²) >= 11 is 1.03. The number of carbonyl (C=O) groups is 2. The number of thioether (sulfide) groups is 1. The summed E-state index contributed by atoms with van der Waals surface area (Å²) in [7, 11) is 0. The van der Waals surface area contributed by atoms with Gasteiger partial charge in [0.2, 0.25) is 11.7 Å². The largest absolute Gasteiger partial charge is 0.479 e. The minimum Gasteiger partial charge on any atom is -0.479 e. The maximum atomic E-state index is 13.9. The lowest BCUT2D eigenvalue weighted by atomic mass is 10.2. The third-order valence-electron chi connectivity index (χ3n) is 3.87. The SMILES string of the molecule is CC(Oc1ccc(Oc2ccc(C#N)cc2F)cc1)C(=O)O[C@H]1CS[C@H](C(=O)O)O1. The van der Waals surface area contributed by atoms with Crippen LogP contribution in [0.2, 0.25) is 0 Å². The molecule has 2 aromatic rings. The first-order chi connectivity index (χ1) is 14.4. The first kappa shape index (κ1) is 21.4. The molecule has 8 nitrogen and oxygen atoms in total. The molecule has 1 unspecified atom stereocenters. The summed E-state index contributed by atoms with van der Waals surface area (Å²) in [6.07, 6.45) is -1.92. The van der Waals surface area contributed by atoms with Crippen LogP contribution in [0.1, 0.15) is 12.5 Å². The summed E-state index contributed by atoms with van der Waals surface area (Å²) in [4.78, 5) is 22.9. The lowest BCUT2D eigenvalue weighted by molar-refractivity contribution is -0.185. The van der Waals surface area contributed by atoms with Crippen molar-refractivity contribution < 1.29 is 38.0 Å². The highest BCUT2D eigenvalue weighted by molar-refractivity contribution is 8.00. The van der Waals surface area contributed by atoms with Crippen LogP contribution in [0.3, 0.4) is 0 Å². The van der Waals surface area contributed by atoms with Gasteiger partial charge in [0, 0.05) is 0 Å². The highest BCUT2D eigenvalue weighted by Gasteiger charge is 2.34. The molecule has 3 atom stereocenters. The fourth-order valence-electron chi connectivity index (χ4n) is 2.42. The van der Waals surface area contributed by atoms with Crippen LogP contribution in [0.15, 0.2) is 42.5 Å². The van der Waals surface area contributed by atoms with Gasteiger partial charge in [-0.25, -0.2) is 14.0 Å². The molecule has 1 aliphatic rings. The Morgan fingerprint density at radius 3 is 2.57 bits per heavy atom. The third kappa shape index (κ3) is 5.40. The predicted octanol–water partition coefficient (Wildman–Crippen LogP) is 3.30. The number of carbonyl (C=O) groups excluding carboxylic acids is 1.